The minimum Gasteiger partial charge on any atom is -0.339 e. The van der Waals surface area contributed by atoms with Gasteiger partial charge in [0.2, 0.25) is 0 Å². The summed E-state index contributed by atoms with van der Waals surface area (Å²) < 4.78 is 0. The maximum absolute atomic E-state index is 12.1. The first-order chi connectivity index (χ1) is 8.20. The lowest BCUT2D eigenvalue weighted by atomic mass is 9.98. The molecule has 1 amide bonds. The SMILES string of the molecule is Cc1ccc(C(=O)N2CCC(C#N)CC2)cc1. The molecule has 0 radical (unpaired) electrons. The number of hydrogen-bond donors (Lipinski definition) is 0. The monoisotopic (exact) mass is 228 g/mol. The van der Waals surface area contributed by atoms with Crippen molar-refractivity contribution in [3.05, 3.63) is 35.4 Å². The Bertz CT molecular complexity index is 436. The van der Waals surface area contributed by atoms with Gasteiger partial charge in [0, 0.05) is 24.6 Å². The molecule has 2 rings (SSSR count). The van der Waals surface area contributed by atoms with Crippen molar-refractivity contribution in [3.63, 3.8) is 0 Å². The van der Waals surface area contributed by atoms with E-state index in [1.165, 1.54) is 0 Å². The Morgan fingerprint density at radius 1 is 1.29 bits per heavy atom. The fourth-order valence-corrected chi connectivity index (χ4v) is 2.09. The van der Waals surface area contributed by atoms with Gasteiger partial charge in [0.15, 0.2) is 0 Å². The number of carbonyl (C=O) groups is 1. The Morgan fingerprint density at radius 2 is 1.88 bits per heavy atom. The van der Waals surface area contributed by atoms with E-state index in [4.69, 9.17) is 5.26 Å². The second-order valence-electron chi connectivity index (χ2n) is 4.56. The Hall–Kier alpha value is -1.82. The molecule has 1 saturated heterocycles. The van der Waals surface area contributed by atoms with Crippen LogP contribution in [0.2, 0.25) is 0 Å². The zero-order valence-electron chi connectivity index (χ0n) is 10.0. The van der Waals surface area contributed by atoms with Crippen LogP contribution in [0.5, 0.6) is 0 Å². The molecule has 0 aromatic heterocycles. The Morgan fingerprint density at radius 3 is 2.41 bits per heavy atom. The van der Waals surface area contributed by atoms with Crippen LogP contribution in [0.1, 0.15) is 28.8 Å². The predicted molar refractivity (Wildman–Crippen MR) is 65.4 cm³/mol. The molecule has 1 aliphatic heterocycles. The Kier molecular flexibility index (Phi) is 3.43. The molecule has 0 bridgehead atoms. The molecular weight excluding hydrogens is 212 g/mol. The van der Waals surface area contributed by atoms with Gasteiger partial charge in [-0.1, -0.05) is 17.7 Å². The van der Waals surface area contributed by atoms with Gasteiger partial charge >= 0.3 is 0 Å². The normalized spacial score (nSPS) is 16.6. The fourth-order valence-electron chi connectivity index (χ4n) is 2.09. The summed E-state index contributed by atoms with van der Waals surface area (Å²) in [5.41, 5.74) is 1.90. The molecule has 0 saturated carbocycles. The molecule has 0 atom stereocenters. The Labute approximate surface area is 102 Å². The number of piperidine rings is 1. The number of carbonyl (C=O) groups excluding carboxylic acids is 1. The summed E-state index contributed by atoms with van der Waals surface area (Å²) in [5, 5.41) is 8.81. The second-order valence-corrected chi connectivity index (χ2v) is 4.56. The number of nitrogens with zero attached hydrogens (tertiary/aromatic N) is 2. The highest BCUT2D eigenvalue weighted by molar-refractivity contribution is 5.94. The molecule has 1 aromatic carbocycles. The molecule has 0 spiro atoms. The van der Waals surface area contributed by atoms with Crippen molar-refractivity contribution in [2.24, 2.45) is 5.92 Å². The van der Waals surface area contributed by atoms with Gasteiger partial charge in [-0.2, -0.15) is 5.26 Å². The van der Waals surface area contributed by atoms with E-state index < -0.39 is 0 Å². The number of amides is 1. The van der Waals surface area contributed by atoms with Gasteiger partial charge in [-0.15, -0.1) is 0 Å². The van der Waals surface area contributed by atoms with Crippen molar-refractivity contribution in [2.75, 3.05) is 13.1 Å². The van der Waals surface area contributed by atoms with Crippen molar-refractivity contribution in [2.45, 2.75) is 19.8 Å². The fraction of sp³-hybridized carbons (Fsp3) is 0.429. The molecule has 1 aliphatic rings. The lowest BCUT2D eigenvalue weighted by molar-refractivity contribution is 0.0707. The van der Waals surface area contributed by atoms with Gasteiger partial charge in [-0.3, -0.25) is 4.79 Å². The summed E-state index contributed by atoms with van der Waals surface area (Å²) in [4.78, 5) is 14.0. The lowest BCUT2D eigenvalue weighted by Crippen LogP contribution is -2.38. The minimum atomic E-state index is 0.0846. The number of rotatable bonds is 1. The molecule has 3 nitrogen and oxygen atoms in total. The predicted octanol–water partition coefficient (Wildman–Crippen LogP) is 2.37. The van der Waals surface area contributed by atoms with Crippen molar-refractivity contribution in [3.8, 4) is 6.07 Å². The van der Waals surface area contributed by atoms with E-state index in [9.17, 15) is 4.79 Å². The third kappa shape index (κ3) is 2.65. The first kappa shape index (κ1) is 11.7. The number of benzene rings is 1. The standard InChI is InChI=1S/C14H16N2O/c1-11-2-4-13(5-3-11)14(17)16-8-6-12(10-15)7-9-16/h2-5,12H,6-9H2,1H3. The third-order valence-electron chi connectivity index (χ3n) is 3.26. The molecule has 88 valence electrons. The summed E-state index contributed by atoms with van der Waals surface area (Å²) in [6.07, 6.45) is 1.60. The molecule has 1 aromatic rings. The molecule has 1 fully saturated rings. The summed E-state index contributed by atoms with van der Waals surface area (Å²) >= 11 is 0. The van der Waals surface area contributed by atoms with Crippen molar-refractivity contribution in [1.82, 2.24) is 4.90 Å². The number of likely N-dealkylation sites (tertiary alicyclic amines) is 1. The highest BCUT2D eigenvalue weighted by Gasteiger charge is 2.23. The highest BCUT2D eigenvalue weighted by Crippen LogP contribution is 2.18. The van der Waals surface area contributed by atoms with Gasteiger partial charge in [0.05, 0.1) is 6.07 Å². The summed E-state index contributed by atoms with van der Waals surface area (Å²) in [6, 6.07) is 9.92. The topological polar surface area (TPSA) is 44.1 Å². The molecule has 0 N–H and O–H groups in total. The van der Waals surface area contributed by atoms with Crippen LogP contribution >= 0.6 is 0 Å². The molecule has 0 unspecified atom stereocenters. The van der Waals surface area contributed by atoms with Crippen LogP contribution in [0.15, 0.2) is 24.3 Å². The lowest BCUT2D eigenvalue weighted by Gasteiger charge is -2.29. The van der Waals surface area contributed by atoms with Crippen LogP contribution in [0.3, 0.4) is 0 Å². The van der Waals surface area contributed by atoms with Crippen LogP contribution in [-0.2, 0) is 0 Å². The number of nitriles is 1. The number of aryl methyl sites for hydroxylation is 1. The average molecular weight is 228 g/mol. The van der Waals surface area contributed by atoms with Crippen LogP contribution in [0, 0.1) is 24.2 Å². The van der Waals surface area contributed by atoms with Crippen LogP contribution in [0.4, 0.5) is 0 Å². The molecular formula is C14H16N2O. The maximum Gasteiger partial charge on any atom is 0.253 e. The summed E-state index contributed by atoms with van der Waals surface area (Å²) in [5.74, 6) is 0.207. The van der Waals surface area contributed by atoms with E-state index in [1.54, 1.807) is 0 Å². The van der Waals surface area contributed by atoms with E-state index in [2.05, 4.69) is 6.07 Å². The van der Waals surface area contributed by atoms with E-state index in [1.807, 2.05) is 36.1 Å². The molecule has 1 heterocycles. The summed E-state index contributed by atoms with van der Waals surface area (Å²) in [7, 11) is 0. The van der Waals surface area contributed by atoms with Gasteiger partial charge in [0.25, 0.3) is 5.91 Å². The minimum absolute atomic E-state index is 0.0846. The first-order valence-electron chi connectivity index (χ1n) is 5.96. The molecule has 3 heteroatoms. The van der Waals surface area contributed by atoms with Gasteiger partial charge < -0.3 is 4.90 Å². The van der Waals surface area contributed by atoms with Gasteiger partial charge in [-0.25, -0.2) is 0 Å². The maximum atomic E-state index is 12.1. The average Bonchev–Trinajstić information content (AvgIpc) is 2.39. The van der Waals surface area contributed by atoms with E-state index >= 15 is 0 Å². The van der Waals surface area contributed by atoms with Crippen LogP contribution in [-0.4, -0.2) is 23.9 Å². The van der Waals surface area contributed by atoms with E-state index in [0.717, 1.165) is 24.0 Å². The van der Waals surface area contributed by atoms with Gasteiger partial charge in [-0.05, 0) is 31.9 Å². The number of hydrogen-bond acceptors (Lipinski definition) is 2. The molecule has 17 heavy (non-hydrogen) atoms. The van der Waals surface area contributed by atoms with Crippen molar-refractivity contribution >= 4 is 5.91 Å². The van der Waals surface area contributed by atoms with E-state index in [-0.39, 0.29) is 11.8 Å². The van der Waals surface area contributed by atoms with Crippen molar-refractivity contribution < 1.29 is 4.79 Å². The van der Waals surface area contributed by atoms with Crippen molar-refractivity contribution in [1.29, 1.82) is 5.26 Å². The largest absolute Gasteiger partial charge is 0.339 e. The van der Waals surface area contributed by atoms with Crippen LogP contribution < -0.4 is 0 Å². The molecule has 0 aliphatic carbocycles. The highest BCUT2D eigenvalue weighted by atomic mass is 16.2. The zero-order chi connectivity index (χ0) is 12.3. The third-order valence-corrected chi connectivity index (χ3v) is 3.26. The first-order valence-corrected chi connectivity index (χ1v) is 5.96. The zero-order valence-corrected chi connectivity index (χ0v) is 10.0. The smallest absolute Gasteiger partial charge is 0.253 e. The second kappa shape index (κ2) is 5.01. The quantitative estimate of drug-likeness (QED) is 0.740. The van der Waals surface area contributed by atoms with Crippen LogP contribution in [0.25, 0.3) is 0 Å². The Balaban J connectivity index is 2.02. The van der Waals surface area contributed by atoms with E-state index in [0.29, 0.717) is 13.1 Å². The van der Waals surface area contributed by atoms with Gasteiger partial charge in [0.1, 0.15) is 0 Å². The summed E-state index contributed by atoms with van der Waals surface area (Å²) in [6.45, 7) is 3.41.